The van der Waals surface area contributed by atoms with Gasteiger partial charge in [0, 0.05) is 24.5 Å². The van der Waals surface area contributed by atoms with Crippen LogP contribution in [0.2, 0.25) is 0 Å². The van der Waals surface area contributed by atoms with Gasteiger partial charge in [-0.1, -0.05) is 29.5 Å². The van der Waals surface area contributed by atoms with Gasteiger partial charge in [-0.25, -0.2) is 13.8 Å². The van der Waals surface area contributed by atoms with E-state index in [1.165, 1.54) is 17.4 Å². The molecule has 3 rings (SSSR count). The molecule has 25 heavy (non-hydrogen) atoms. The minimum absolute atomic E-state index is 0.190. The summed E-state index contributed by atoms with van der Waals surface area (Å²) in [6.07, 6.45) is 0. The number of aryl methyl sites for hydroxylation is 1. The van der Waals surface area contributed by atoms with Gasteiger partial charge in [-0.05, 0) is 31.2 Å². The lowest BCUT2D eigenvalue weighted by Crippen LogP contribution is -2.11. The summed E-state index contributed by atoms with van der Waals surface area (Å²) in [5.74, 6) is -2.38. The van der Waals surface area contributed by atoms with Crippen LogP contribution in [0.5, 0.6) is 0 Å². The Morgan fingerprint density at radius 2 is 1.84 bits per heavy atom. The second kappa shape index (κ2) is 6.98. The van der Waals surface area contributed by atoms with Crippen molar-refractivity contribution < 1.29 is 13.6 Å². The summed E-state index contributed by atoms with van der Waals surface area (Å²) in [5, 5.41) is 3.23. The normalized spacial score (nSPS) is 10.6. The monoisotopic (exact) mass is 359 g/mol. The van der Waals surface area contributed by atoms with Gasteiger partial charge < -0.3 is 10.2 Å². The third-order valence-electron chi connectivity index (χ3n) is 3.60. The van der Waals surface area contributed by atoms with E-state index in [0.717, 1.165) is 17.8 Å². The number of aromatic nitrogens is 1. The predicted octanol–water partition coefficient (Wildman–Crippen LogP) is 4.75. The van der Waals surface area contributed by atoms with Gasteiger partial charge >= 0.3 is 0 Å². The first-order valence-electron chi connectivity index (χ1n) is 7.48. The third-order valence-corrected chi connectivity index (χ3v) is 4.83. The van der Waals surface area contributed by atoms with Crippen LogP contribution in [-0.4, -0.2) is 17.9 Å². The van der Waals surface area contributed by atoms with Crippen LogP contribution in [-0.2, 0) is 0 Å². The molecule has 0 aliphatic heterocycles. The number of para-hydroxylation sites is 1. The number of carbonyl (C=O) groups excluding carboxylic acids is 1. The number of halogens is 2. The average molecular weight is 359 g/mol. The van der Waals surface area contributed by atoms with Crippen LogP contribution in [0.3, 0.4) is 0 Å². The third kappa shape index (κ3) is 3.66. The molecule has 0 saturated heterocycles. The van der Waals surface area contributed by atoms with Crippen LogP contribution in [0.15, 0.2) is 48.5 Å². The molecule has 1 N–H and O–H groups in total. The second-order valence-electron chi connectivity index (χ2n) is 5.39. The smallest absolute Gasteiger partial charge is 0.267 e. The summed E-state index contributed by atoms with van der Waals surface area (Å²) in [7, 11) is 1.87. The number of anilines is 3. The lowest BCUT2D eigenvalue weighted by molar-refractivity contribution is 0.103. The molecule has 1 aromatic heterocycles. The van der Waals surface area contributed by atoms with Crippen molar-refractivity contribution in [2.75, 3.05) is 17.3 Å². The summed E-state index contributed by atoms with van der Waals surface area (Å²) in [5.41, 5.74) is 1.71. The number of amides is 1. The van der Waals surface area contributed by atoms with E-state index in [4.69, 9.17) is 0 Å². The number of benzene rings is 2. The highest BCUT2D eigenvalue weighted by Crippen LogP contribution is 2.30. The molecule has 7 heteroatoms. The largest absolute Gasteiger partial charge is 0.321 e. The number of carbonyl (C=O) groups is 1. The maximum Gasteiger partial charge on any atom is 0.267 e. The minimum Gasteiger partial charge on any atom is -0.321 e. The van der Waals surface area contributed by atoms with Crippen LogP contribution in [0.4, 0.5) is 25.3 Å². The molecule has 0 bridgehead atoms. The van der Waals surface area contributed by atoms with Crippen molar-refractivity contribution >= 4 is 33.8 Å². The average Bonchev–Trinajstić information content (AvgIpc) is 3.00. The van der Waals surface area contributed by atoms with Gasteiger partial charge in [0.2, 0.25) is 0 Å². The van der Waals surface area contributed by atoms with Crippen LogP contribution in [0.25, 0.3) is 0 Å². The molecule has 3 aromatic rings. The first kappa shape index (κ1) is 17.0. The highest BCUT2D eigenvalue weighted by Gasteiger charge is 2.18. The molecule has 0 fully saturated rings. The second-order valence-corrected chi connectivity index (χ2v) is 6.37. The topological polar surface area (TPSA) is 45.2 Å². The number of thiazole rings is 1. The molecule has 0 spiro atoms. The molecule has 0 unspecified atom stereocenters. The van der Waals surface area contributed by atoms with Crippen molar-refractivity contribution in [3.8, 4) is 0 Å². The van der Waals surface area contributed by atoms with Gasteiger partial charge in [-0.15, -0.1) is 0 Å². The maximum atomic E-state index is 13.3. The lowest BCUT2D eigenvalue weighted by Gasteiger charge is -2.15. The summed E-state index contributed by atoms with van der Waals surface area (Å²) < 4.78 is 26.2. The maximum absolute atomic E-state index is 13.3. The first-order valence-corrected chi connectivity index (χ1v) is 8.30. The van der Waals surface area contributed by atoms with Gasteiger partial charge in [0.15, 0.2) is 16.8 Å². The Balaban J connectivity index is 1.82. The van der Waals surface area contributed by atoms with E-state index >= 15 is 0 Å². The predicted molar refractivity (Wildman–Crippen MR) is 95.7 cm³/mol. The van der Waals surface area contributed by atoms with E-state index in [0.29, 0.717) is 15.7 Å². The Morgan fingerprint density at radius 3 is 2.52 bits per heavy atom. The zero-order valence-electron chi connectivity index (χ0n) is 13.6. The standard InChI is InChI=1S/C18H15F2N3OS/c1-11-16(17(24)22-12-8-9-14(19)15(20)10-12)25-18(21-11)23(2)13-6-4-3-5-7-13/h3-10H,1-2H3,(H,22,24). The van der Waals surface area contributed by atoms with E-state index in [9.17, 15) is 13.6 Å². The molecule has 1 heterocycles. The highest BCUT2D eigenvalue weighted by molar-refractivity contribution is 7.17. The molecule has 1 amide bonds. The van der Waals surface area contributed by atoms with E-state index in [1.54, 1.807) is 6.92 Å². The van der Waals surface area contributed by atoms with Gasteiger partial charge in [0.05, 0.1) is 5.69 Å². The Morgan fingerprint density at radius 1 is 1.12 bits per heavy atom. The highest BCUT2D eigenvalue weighted by atomic mass is 32.1. The van der Waals surface area contributed by atoms with Crippen LogP contribution in [0, 0.1) is 18.6 Å². The summed E-state index contributed by atoms with van der Waals surface area (Å²) in [6, 6.07) is 12.9. The Labute approximate surface area is 147 Å². The van der Waals surface area contributed by atoms with Crippen LogP contribution in [0.1, 0.15) is 15.4 Å². The fourth-order valence-corrected chi connectivity index (χ4v) is 3.20. The van der Waals surface area contributed by atoms with Crippen LogP contribution < -0.4 is 10.2 Å². The molecule has 2 aromatic carbocycles. The van der Waals surface area contributed by atoms with Crippen molar-refractivity contribution in [2.24, 2.45) is 0 Å². The van der Waals surface area contributed by atoms with Crippen molar-refractivity contribution in [1.29, 1.82) is 0 Å². The van der Waals surface area contributed by atoms with Gasteiger partial charge in [0.1, 0.15) is 4.88 Å². The van der Waals surface area contributed by atoms with Crippen molar-refractivity contribution in [3.63, 3.8) is 0 Å². The fourth-order valence-electron chi connectivity index (χ4n) is 2.26. The van der Waals surface area contributed by atoms with Gasteiger partial charge in [-0.2, -0.15) is 0 Å². The van der Waals surface area contributed by atoms with Crippen LogP contribution >= 0.6 is 11.3 Å². The van der Waals surface area contributed by atoms with Crippen molar-refractivity contribution in [2.45, 2.75) is 6.92 Å². The Kier molecular flexibility index (Phi) is 4.76. The number of hydrogen-bond donors (Lipinski definition) is 1. The van der Waals surface area contributed by atoms with Crippen molar-refractivity contribution in [3.05, 3.63) is 70.7 Å². The molecule has 0 aliphatic rings. The minimum atomic E-state index is -1.01. The van der Waals surface area contributed by atoms with E-state index in [2.05, 4.69) is 10.3 Å². The Hall–Kier alpha value is -2.80. The molecule has 0 saturated carbocycles. The molecule has 128 valence electrons. The molecule has 0 radical (unpaired) electrons. The summed E-state index contributed by atoms with van der Waals surface area (Å²) >= 11 is 1.23. The number of rotatable bonds is 4. The molecule has 4 nitrogen and oxygen atoms in total. The molecular formula is C18H15F2N3OS. The molecule has 0 aliphatic carbocycles. The lowest BCUT2D eigenvalue weighted by atomic mass is 10.3. The zero-order valence-corrected chi connectivity index (χ0v) is 14.4. The fraction of sp³-hybridized carbons (Fsp3) is 0.111. The van der Waals surface area contributed by atoms with Gasteiger partial charge in [-0.3, -0.25) is 4.79 Å². The Bertz CT molecular complexity index is 912. The SMILES string of the molecule is Cc1nc(N(C)c2ccccc2)sc1C(=O)Nc1ccc(F)c(F)c1. The number of nitrogens with zero attached hydrogens (tertiary/aromatic N) is 2. The molecule has 0 atom stereocenters. The van der Waals surface area contributed by atoms with E-state index < -0.39 is 17.5 Å². The summed E-state index contributed by atoms with van der Waals surface area (Å²) in [6.45, 7) is 1.74. The van der Waals surface area contributed by atoms with Gasteiger partial charge in [0.25, 0.3) is 5.91 Å². The summed E-state index contributed by atoms with van der Waals surface area (Å²) in [4.78, 5) is 19.2. The number of hydrogen-bond acceptors (Lipinski definition) is 4. The first-order chi connectivity index (χ1) is 12.0. The van der Waals surface area contributed by atoms with E-state index in [1.807, 2.05) is 42.3 Å². The number of nitrogens with one attached hydrogen (secondary N) is 1. The quantitative estimate of drug-likeness (QED) is 0.731. The molecular weight excluding hydrogens is 344 g/mol. The van der Waals surface area contributed by atoms with Crippen molar-refractivity contribution in [1.82, 2.24) is 4.98 Å². The zero-order chi connectivity index (χ0) is 18.0. The van der Waals surface area contributed by atoms with E-state index in [-0.39, 0.29) is 5.69 Å².